The Labute approximate surface area is 198 Å². The number of aromatic nitrogens is 2. The first kappa shape index (κ1) is 22.9. The molecular formula is C26H28ClN3O3. The van der Waals surface area contributed by atoms with Crippen LogP contribution in [-0.2, 0) is 13.0 Å². The maximum Gasteiger partial charge on any atom is 0.286 e. The Kier molecular flexibility index (Phi) is 8.04. The van der Waals surface area contributed by atoms with Crippen molar-refractivity contribution in [3.63, 3.8) is 0 Å². The topological polar surface area (TPSA) is 69.3 Å². The molecule has 0 saturated heterocycles. The van der Waals surface area contributed by atoms with E-state index < -0.39 is 0 Å². The van der Waals surface area contributed by atoms with Crippen molar-refractivity contribution in [2.24, 2.45) is 0 Å². The van der Waals surface area contributed by atoms with Gasteiger partial charge in [0, 0.05) is 24.5 Å². The minimum absolute atomic E-state index is 0.164. The standard InChI is InChI=1S/C26H28ClN3O3/c27-20-12-14-21(15-13-20)32-19-7-17-30-23-9-4-3-8-22(23)29-25(30)11-2-1-5-16-28-26(31)24-10-6-18-33-24/h3-4,6,8-10,12-15,18H,1-2,5,7,11,16-17,19H2,(H,28,31). The van der Waals surface area contributed by atoms with Crippen molar-refractivity contribution in [3.05, 3.63) is 83.5 Å². The van der Waals surface area contributed by atoms with E-state index in [9.17, 15) is 4.79 Å². The molecule has 0 aliphatic heterocycles. The number of halogens is 1. The van der Waals surface area contributed by atoms with Crippen LogP contribution in [0, 0.1) is 0 Å². The molecule has 0 atom stereocenters. The monoisotopic (exact) mass is 465 g/mol. The summed E-state index contributed by atoms with van der Waals surface area (Å²) in [6.07, 6.45) is 6.24. The third-order valence-corrected chi connectivity index (χ3v) is 5.70. The van der Waals surface area contributed by atoms with Gasteiger partial charge in [-0.1, -0.05) is 30.2 Å². The summed E-state index contributed by atoms with van der Waals surface area (Å²) >= 11 is 5.93. The Balaban J connectivity index is 1.25. The second-order valence-electron chi connectivity index (χ2n) is 7.87. The van der Waals surface area contributed by atoms with Gasteiger partial charge in [-0.05, 0) is 67.8 Å². The van der Waals surface area contributed by atoms with E-state index >= 15 is 0 Å². The summed E-state index contributed by atoms with van der Waals surface area (Å²) in [5.74, 6) is 2.11. The summed E-state index contributed by atoms with van der Waals surface area (Å²) in [6.45, 7) is 2.11. The molecule has 4 rings (SSSR count). The number of hydrogen-bond donors (Lipinski definition) is 1. The maximum absolute atomic E-state index is 11.9. The Morgan fingerprint density at radius 2 is 1.85 bits per heavy atom. The van der Waals surface area contributed by atoms with E-state index in [1.54, 1.807) is 12.1 Å². The number of hydrogen-bond acceptors (Lipinski definition) is 4. The highest BCUT2D eigenvalue weighted by molar-refractivity contribution is 6.30. The lowest BCUT2D eigenvalue weighted by atomic mass is 10.2. The van der Waals surface area contributed by atoms with E-state index in [1.165, 1.54) is 6.26 Å². The molecule has 0 aliphatic carbocycles. The molecule has 0 spiro atoms. The molecule has 6 nitrogen and oxygen atoms in total. The van der Waals surface area contributed by atoms with Gasteiger partial charge in [0.25, 0.3) is 5.91 Å². The highest BCUT2D eigenvalue weighted by atomic mass is 35.5. The van der Waals surface area contributed by atoms with Crippen LogP contribution in [0.2, 0.25) is 5.02 Å². The first-order valence-electron chi connectivity index (χ1n) is 11.3. The van der Waals surface area contributed by atoms with Crippen molar-refractivity contribution < 1.29 is 13.9 Å². The molecule has 0 aliphatic rings. The minimum atomic E-state index is -0.164. The Bertz CT molecular complexity index is 1150. The number of amides is 1. The molecule has 2 aromatic heterocycles. The molecule has 0 saturated carbocycles. The van der Waals surface area contributed by atoms with E-state index in [0.717, 1.165) is 61.3 Å². The molecule has 1 N–H and O–H groups in total. The lowest BCUT2D eigenvalue weighted by Gasteiger charge is -2.11. The quantitative estimate of drug-likeness (QED) is 0.265. The number of benzene rings is 2. The van der Waals surface area contributed by atoms with Gasteiger partial charge in [-0.3, -0.25) is 4.79 Å². The van der Waals surface area contributed by atoms with Crippen LogP contribution < -0.4 is 10.1 Å². The molecule has 1 amide bonds. The first-order valence-corrected chi connectivity index (χ1v) is 11.7. The van der Waals surface area contributed by atoms with E-state index in [2.05, 4.69) is 28.1 Å². The van der Waals surface area contributed by atoms with Crippen LogP contribution in [0.1, 0.15) is 42.1 Å². The van der Waals surface area contributed by atoms with Crippen LogP contribution in [0.15, 0.2) is 71.3 Å². The lowest BCUT2D eigenvalue weighted by Crippen LogP contribution is -2.23. The smallest absolute Gasteiger partial charge is 0.286 e. The van der Waals surface area contributed by atoms with E-state index in [4.69, 9.17) is 25.7 Å². The molecular weight excluding hydrogens is 438 g/mol. The number of imidazole rings is 1. The van der Waals surface area contributed by atoms with E-state index in [-0.39, 0.29) is 5.91 Å². The zero-order chi connectivity index (χ0) is 22.9. The minimum Gasteiger partial charge on any atom is -0.494 e. The van der Waals surface area contributed by atoms with Crippen LogP contribution in [0.25, 0.3) is 11.0 Å². The van der Waals surface area contributed by atoms with Crippen LogP contribution in [0.4, 0.5) is 0 Å². The third-order valence-electron chi connectivity index (χ3n) is 5.45. The van der Waals surface area contributed by atoms with Crippen molar-refractivity contribution in [3.8, 4) is 5.75 Å². The highest BCUT2D eigenvalue weighted by Gasteiger charge is 2.11. The number of para-hydroxylation sites is 2. The fourth-order valence-electron chi connectivity index (χ4n) is 3.79. The summed E-state index contributed by atoms with van der Waals surface area (Å²) in [6, 6.07) is 19.1. The van der Waals surface area contributed by atoms with E-state index in [0.29, 0.717) is 23.9 Å². The van der Waals surface area contributed by atoms with Gasteiger partial charge in [0.15, 0.2) is 5.76 Å². The van der Waals surface area contributed by atoms with E-state index in [1.807, 2.05) is 30.3 Å². The number of ether oxygens (including phenoxy) is 1. The molecule has 2 aromatic carbocycles. The Morgan fingerprint density at radius 1 is 1.00 bits per heavy atom. The molecule has 0 fully saturated rings. The van der Waals surface area contributed by atoms with Gasteiger partial charge in [-0.15, -0.1) is 0 Å². The number of aryl methyl sites for hydroxylation is 2. The van der Waals surface area contributed by atoms with Crippen LogP contribution in [-0.4, -0.2) is 28.6 Å². The number of rotatable bonds is 12. The third kappa shape index (κ3) is 6.39. The number of furan rings is 1. The predicted molar refractivity (Wildman–Crippen MR) is 130 cm³/mol. The summed E-state index contributed by atoms with van der Waals surface area (Å²) in [5.41, 5.74) is 2.18. The Hall–Kier alpha value is -3.25. The van der Waals surface area contributed by atoms with Gasteiger partial charge in [0.05, 0.1) is 23.9 Å². The van der Waals surface area contributed by atoms with Gasteiger partial charge < -0.3 is 19.0 Å². The average molecular weight is 466 g/mol. The normalized spacial score (nSPS) is 11.1. The number of nitrogens with zero attached hydrogens (tertiary/aromatic N) is 2. The molecule has 4 aromatic rings. The zero-order valence-electron chi connectivity index (χ0n) is 18.5. The van der Waals surface area contributed by atoms with Crippen LogP contribution in [0.5, 0.6) is 5.75 Å². The summed E-state index contributed by atoms with van der Waals surface area (Å²) in [7, 11) is 0. The largest absolute Gasteiger partial charge is 0.494 e. The second-order valence-corrected chi connectivity index (χ2v) is 8.30. The van der Waals surface area contributed by atoms with Gasteiger partial charge >= 0.3 is 0 Å². The van der Waals surface area contributed by atoms with Gasteiger partial charge in [0.2, 0.25) is 0 Å². The molecule has 2 heterocycles. The number of carbonyl (C=O) groups excluding carboxylic acids is 1. The Morgan fingerprint density at radius 3 is 2.67 bits per heavy atom. The SMILES string of the molecule is O=C(NCCCCCc1nc2ccccc2n1CCCOc1ccc(Cl)cc1)c1ccco1. The van der Waals surface area contributed by atoms with Crippen LogP contribution in [0.3, 0.4) is 0 Å². The number of nitrogens with one attached hydrogen (secondary N) is 1. The molecule has 33 heavy (non-hydrogen) atoms. The number of fused-ring (bicyclic) bond motifs is 1. The fraction of sp³-hybridized carbons (Fsp3) is 0.308. The first-order chi connectivity index (χ1) is 16.2. The summed E-state index contributed by atoms with van der Waals surface area (Å²) < 4.78 is 13.3. The summed E-state index contributed by atoms with van der Waals surface area (Å²) in [5, 5.41) is 3.60. The zero-order valence-corrected chi connectivity index (χ0v) is 19.3. The lowest BCUT2D eigenvalue weighted by molar-refractivity contribution is 0.0925. The van der Waals surface area contributed by atoms with Crippen molar-refractivity contribution in [2.75, 3.05) is 13.2 Å². The molecule has 172 valence electrons. The molecule has 0 radical (unpaired) electrons. The van der Waals surface area contributed by atoms with Crippen molar-refractivity contribution in [2.45, 2.75) is 38.6 Å². The fourth-order valence-corrected chi connectivity index (χ4v) is 3.92. The highest BCUT2D eigenvalue weighted by Crippen LogP contribution is 2.19. The molecule has 0 bridgehead atoms. The van der Waals surface area contributed by atoms with Crippen molar-refractivity contribution >= 4 is 28.5 Å². The van der Waals surface area contributed by atoms with Crippen molar-refractivity contribution in [1.29, 1.82) is 0 Å². The van der Waals surface area contributed by atoms with Crippen LogP contribution >= 0.6 is 11.6 Å². The predicted octanol–water partition coefficient (Wildman–Crippen LogP) is 5.89. The van der Waals surface area contributed by atoms with Gasteiger partial charge in [0.1, 0.15) is 11.6 Å². The molecule has 0 unspecified atom stereocenters. The van der Waals surface area contributed by atoms with Crippen molar-refractivity contribution in [1.82, 2.24) is 14.9 Å². The number of unbranched alkanes of at least 4 members (excludes halogenated alkanes) is 2. The van der Waals surface area contributed by atoms with Gasteiger partial charge in [-0.2, -0.15) is 0 Å². The number of carbonyl (C=O) groups is 1. The summed E-state index contributed by atoms with van der Waals surface area (Å²) in [4.78, 5) is 16.8. The maximum atomic E-state index is 11.9. The molecule has 7 heteroatoms. The van der Waals surface area contributed by atoms with Gasteiger partial charge in [-0.25, -0.2) is 4.98 Å². The average Bonchev–Trinajstić information content (AvgIpc) is 3.49. The second kappa shape index (κ2) is 11.6.